The van der Waals surface area contributed by atoms with Crippen molar-refractivity contribution in [3.63, 3.8) is 0 Å². The summed E-state index contributed by atoms with van der Waals surface area (Å²) in [7, 11) is 0. The molecule has 2 aliphatic rings. The summed E-state index contributed by atoms with van der Waals surface area (Å²) in [5.41, 5.74) is 2.83. The number of nitrogens with one attached hydrogen (secondary N) is 1. The molecule has 1 saturated carbocycles. The summed E-state index contributed by atoms with van der Waals surface area (Å²) in [6, 6.07) is 0. The molecule has 15 heavy (non-hydrogen) atoms. The summed E-state index contributed by atoms with van der Waals surface area (Å²) >= 11 is 0. The van der Waals surface area contributed by atoms with Crippen LogP contribution in [0.5, 0.6) is 0 Å². The van der Waals surface area contributed by atoms with Gasteiger partial charge < -0.3 is 9.88 Å². The Kier molecular flexibility index (Phi) is 2.28. The third-order valence-electron chi connectivity index (χ3n) is 3.41. The predicted molar refractivity (Wildman–Crippen MR) is 59.9 cm³/mol. The van der Waals surface area contributed by atoms with Crippen LogP contribution in [-0.4, -0.2) is 16.1 Å². The normalized spacial score (nSPS) is 20.3. The van der Waals surface area contributed by atoms with E-state index >= 15 is 0 Å². The quantitative estimate of drug-likeness (QED) is 0.815. The fourth-order valence-electron chi connectivity index (χ4n) is 2.52. The van der Waals surface area contributed by atoms with E-state index in [9.17, 15) is 0 Å². The molecule has 0 amide bonds. The summed E-state index contributed by atoms with van der Waals surface area (Å²) in [6.45, 7) is 5.51. The van der Waals surface area contributed by atoms with Crippen molar-refractivity contribution in [2.45, 2.75) is 51.6 Å². The lowest BCUT2D eigenvalue weighted by atomic mass is 10.2. The average Bonchev–Trinajstić information content (AvgIpc) is 3.04. The van der Waals surface area contributed by atoms with E-state index in [4.69, 9.17) is 4.98 Å². The molecule has 0 radical (unpaired) electrons. The van der Waals surface area contributed by atoms with E-state index in [1.165, 1.54) is 36.5 Å². The Morgan fingerprint density at radius 1 is 1.47 bits per heavy atom. The second kappa shape index (κ2) is 3.63. The first-order valence-electron chi connectivity index (χ1n) is 6.19. The van der Waals surface area contributed by atoms with E-state index in [0.717, 1.165) is 32.0 Å². The lowest BCUT2D eigenvalue weighted by molar-refractivity contribution is 0.571. The number of hydrogen-bond acceptors (Lipinski definition) is 2. The SMILES string of the molecule is CCCn1c(C2CC2)nc2c1CCNC2. The largest absolute Gasteiger partial charge is 0.331 e. The molecule has 0 bridgehead atoms. The molecule has 82 valence electrons. The lowest BCUT2D eigenvalue weighted by Gasteiger charge is -2.15. The Bertz CT molecular complexity index is 363. The van der Waals surface area contributed by atoms with Crippen LogP contribution in [0.15, 0.2) is 0 Å². The van der Waals surface area contributed by atoms with Crippen LogP contribution in [0.2, 0.25) is 0 Å². The zero-order valence-electron chi connectivity index (χ0n) is 9.42. The summed E-state index contributed by atoms with van der Waals surface area (Å²) in [5, 5.41) is 3.41. The Labute approximate surface area is 90.9 Å². The van der Waals surface area contributed by atoms with E-state index in [1.807, 2.05) is 0 Å². The van der Waals surface area contributed by atoms with Crippen molar-refractivity contribution in [1.29, 1.82) is 0 Å². The summed E-state index contributed by atoms with van der Waals surface area (Å²) in [6.07, 6.45) is 5.09. The maximum atomic E-state index is 4.83. The van der Waals surface area contributed by atoms with Gasteiger partial charge in [-0.2, -0.15) is 0 Å². The van der Waals surface area contributed by atoms with Crippen molar-refractivity contribution >= 4 is 0 Å². The number of hydrogen-bond donors (Lipinski definition) is 1. The van der Waals surface area contributed by atoms with Crippen molar-refractivity contribution in [3.8, 4) is 0 Å². The Balaban J connectivity index is 2.01. The zero-order chi connectivity index (χ0) is 10.3. The van der Waals surface area contributed by atoms with E-state index in [1.54, 1.807) is 0 Å². The average molecular weight is 205 g/mol. The maximum absolute atomic E-state index is 4.83. The molecule has 0 aromatic carbocycles. The van der Waals surface area contributed by atoms with Crippen LogP contribution in [0.3, 0.4) is 0 Å². The van der Waals surface area contributed by atoms with Crippen LogP contribution in [0.4, 0.5) is 0 Å². The molecule has 0 atom stereocenters. The molecule has 0 spiro atoms. The molecular weight excluding hydrogens is 186 g/mol. The van der Waals surface area contributed by atoms with Crippen molar-refractivity contribution in [2.24, 2.45) is 0 Å². The Morgan fingerprint density at radius 3 is 3.07 bits per heavy atom. The molecule has 2 heterocycles. The molecule has 1 N–H and O–H groups in total. The van der Waals surface area contributed by atoms with Gasteiger partial charge in [0.1, 0.15) is 5.82 Å². The fraction of sp³-hybridized carbons (Fsp3) is 0.750. The van der Waals surface area contributed by atoms with Gasteiger partial charge in [0.25, 0.3) is 0 Å². The molecule has 0 unspecified atom stereocenters. The highest BCUT2D eigenvalue weighted by Gasteiger charge is 2.31. The van der Waals surface area contributed by atoms with Gasteiger partial charge in [0.05, 0.1) is 5.69 Å². The minimum Gasteiger partial charge on any atom is -0.331 e. The number of aromatic nitrogens is 2. The predicted octanol–water partition coefficient (Wildman–Crippen LogP) is 1.82. The molecule has 1 fully saturated rings. The Hall–Kier alpha value is -0.830. The van der Waals surface area contributed by atoms with Gasteiger partial charge in [0.2, 0.25) is 0 Å². The minimum absolute atomic E-state index is 0.780. The van der Waals surface area contributed by atoms with E-state index in [-0.39, 0.29) is 0 Å². The smallest absolute Gasteiger partial charge is 0.112 e. The van der Waals surface area contributed by atoms with Gasteiger partial charge in [-0.25, -0.2) is 4.98 Å². The van der Waals surface area contributed by atoms with Crippen molar-refractivity contribution < 1.29 is 0 Å². The van der Waals surface area contributed by atoms with Crippen LogP contribution >= 0.6 is 0 Å². The lowest BCUT2D eigenvalue weighted by Crippen LogP contribution is -2.25. The van der Waals surface area contributed by atoms with Crippen molar-refractivity contribution in [3.05, 3.63) is 17.2 Å². The van der Waals surface area contributed by atoms with Gasteiger partial charge in [0, 0.05) is 37.7 Å². The number of nitrogens with zero attached hydrogens (tertiary/aromatic N) is 2. The van der Waals surface area contributed by atoms with Crippen LogP contribution in [-0.2, 0) is 19.5 Å². The molecule has 1 aromatic heterocycles. The topological polar surface area (TPSA) is 29.9 Å². The van der Waals surface area contributed by atoms with Gasteiger partial charge >= 0.3 is 0 Å². The van der Waals surface area contributed by atoms with Crippen LogP contribution in [0, 0.1) is 0 Å². The van der Waals surface area contributed by atoms with E-state index in [0.29, 0.717) is 0 Å². The number of rotatable bonds is 3. The molecular formula is C12H19N3. The maximum Gasteiger partial charge on any atom is 0.112 e. The highest BCUT2D eigenvalue weighted by Crippen LogP contribution is 2.40. The molecule has 3 heteroatoms. The minimum atomic E-state index is 0.780. The summed E-state index contributed by atoms with van der Waals surface area (Å²) in [4.78, 5) is 4.83. The van der Waals surface area contributed by atoms with Crippen LogP contribution < -0.4 is 5.32 Å². The third kappa shape index (κ3) is 1.59. The number of imidazole rings is 1. The second-order valence-electron chi connectivity index (χ2n) is 4.72. The first kappa shape index (κ1) is 9.40. The van der Waals surface area contributed by atoms with E-state index in [2.05, 4.69) is 16.8 Å². The van der Waals surface area contributed by atoms with Gasteiger partial charge in [-0.1, -0.05) is 6.92 Å². The summed E-state index contributed by atoms with van der Waals surface area (Å²) < 4.78 is 2.51. The monoisotopic (exact) mass is 205 g/mol. The first-order chi connectivity index (χ1) is 7.40. The van der Waals surface area contributed by atoms with Gasteiger partial charge in [0.15, 0.2) is 0 Å². The van der Waals surface area contributed by atoms with Gasteiger partial charge in [-0.15, -0.1) is 0 Å². The molecule has 3 rings (SSSR count). The van der Waals surface area contributed by atoms with Gasteiger partial charge in [-0.3, -0.25) is 0 Å². The van der Waals surface area contributed by atoms with E-state index < -0.39 is 0 Å². The fourth-order valence-corrected chi connectivity index (χ4v) is 2.52. The van der Waals surface area contributed by atoms with Crippen molar-refractivity contribution in [2.75, 3.05) is 6.54 Å². The highest BCUT2D eigenvalue weighted by molar-refractivity contribution is 5.24. The molecule has 3 nitrogen and oxygen atoms in total. The van der Waals surface area contributed by atoms with Crippen LogP contribution in [0.25, 0.3) is 0 Å². The second-order valence-corrected chi connectivity index (χ2v) is 4.72. The number of fused-ring (bicyclic) bond motifs is 1. The zero-order valence-corrected chi connectivity index (χ0v) is 9.42. The highest BCUT2D eigenvalue weighted by atomic mass is 15.1. The Morgan fingerprint density at radius 2 is 2.33 bits per heavy atom. The summed E-state index contributed by atoms with van der Waals surface area (Å²) in [5.74, 6) is 2.16. The molecule has 1 aliphatic carbocycles. The first-order valence-corrected chi connectivity index (χ1v) is 6.19. The van der Waals surface area contributed by atoms with Gasteiger partial charge in [-0.05, 0) is 19.3 Å². The molecule has 1 aromatic rings. The van der Waals surface area contributed by atoms with Crippen LogP contribution in [0.1, 0.15) is 49.3 Å². The standard InChI is InChI=1S/C12H19N3/c1-2-7-15-11-5-6-13-8-10(11)14-12(15)9-3-4-9/h9,13H,2-8H2,1H3. The molecule has 0 saturated heterocycles. The third-order valence-corrected chi connectivity index (χ3v) is 3.41. The molecule has 1 aliphatic heterocycles. The van der Waals surface area contributed by atoms with Crippen molar-refractivity contribution in [1.82, 2.24) is 14.9 Å².